The predicted octanol–water partition coefficient (Wildman–Crippen LogP) is 2.63. The quantitative estimate of drug-likeness (QED) is 0.618. The highest BCUT2D eigenvalue weighted by molar-refractivity contribution is 6.04. The molecule has 3 heterocycles. The molecule has 2 aromatic rings. The fourth-order valence-corrected chi connectivity index (χ4v) is 5.44. The van der Waals surface area contributed by atoms with E-state index in [-0.39, 0.29) is 29.0 Å². The molecule has 1 saturated heterocycles. The van der Waals surface area contributed by atoms with E-state index in [1.54, 1.807) is 24.4 Å². The maximum atomic E-state index is 12.9. The lowest BCUT2D eigenvalue weighted by molar-refractivity contribution is -0.173. The van der Waals surface area contributed by atoms with Crippen LogP contribution in [0.5, 0.6) is 5.88 Å². The van der Waals surface area contributed by atoms with Crippen LogP contribution in [0.1, 0.15) is 49.4 Å². The molecule has 2 aromatic heterocycles. The molecule has 9 nitrogen and oxygen atoms in total. The van der Waals surface area contributed by atoms with Crippen molar-refractivity contribution >= 4 is 23.4 Å². The highest BCUT2D eigenvalue weighted by atomic mass is 19.4. The second-order valence-corrected chi connectivity index (χ2v) is 9.67. The number of amides is 4. The smallest absolute Gasteiger partial charge is 0.391 e. The molecule has 34 heavy (non-hydrogen) atoms. The molecule has 3 N–H and O–H groups in total. The van der Waals surface area contributed by atoms with E-state index in [9.17, 15) is 27.6 Å². The van der Waals surface area contributed by atoms with Crippen molar-refractivity contribution in [1.29, 1.82) is 0 Å². The normalized spacial score (nSPS) is 29.6. The van der Waals surface area contributed by atoms with Gasteiger partial charge in [0.05, 0.1) is 11.4 Å². The molecule has 12 heteroatoms. The van der Waals surface area contributed by atoms with Gasteiger partial charge in [-0.2, -0.15) is 13.2 Å². The van der Waals surface area contributed by atoms with E-state index in [1.165, 1.54) is 4.52 Å². The number of urea groups is 1. The van der Waals surface area contributed by atoms with Gasteiger partial charge in [0.25, 0.3) is 11.8 Å². The van der Waals surface area contributed by atoms with Crippen molar-refractivity contribution in [2.45, 2.75) is 63.4 Å². The predicted molar refractivity (Wildman–Crippen MR) is 112 cm³/mol. The molecule has 4 amide bonds. The van der Waals surface area contributed by atoms with Gasteiger partial charge in [0, 0.05) is 12.2 Å². The number of fused-ring (bicyclic) bond motifs is 1. The van der Waals surface area contributed by atoms with E-state index in [4.69, 9.17) is 10.5 Å². The van der Waals surface area contributed by atoms with Gasteiger partial charge in [0.2, 0.25) is 5.88 Å². The van der Waals surface area contributed by atoms with E-state index in [1.807, 2.05) is 0 Å². The number of carbonyl (C=O) groups excluding carboxylic acids is 3. The number of nitrogens with zero attached hydrogens (tertiary/aromatic N) is 3. The lowest BCUT2D eigenvalue weighted by Gasteiger charge is -2.58. The van der Waals surface area contributed by atoms with Crippen LogP contribution in [-0.4, -0.2) is 56.7 Å². The molecule has 5 rings (SSSR count). The molecule has 3 aliphatic rings. The van der Waals surface area contributed by atoms with Gasteiger partial charge in [-0.05, 0) is 49.7 Å². The van der Waals surface area contributed by atoms with Crippen molar-refractivity contribution in [3.05, 3.63) is 30.0 Å². The van der Waals surface area contributed by atoms with Crippen LogP contribution in [-0.2, 0) is 4.79 Å². The fraction of sp³-hybridized carbons (Fsp3) is 0.545. The van der Waals surface area contributed by atoms with Crippen LogP contribution in [0.3, 0.4) is 0 Å². The van der Waals surface area contributed by atoms with Gasteiger partial charge in [-0.15, -0.1) is 5.10 Å². The number of pyridine rings is 1. The zero-order valence-corrected chi connectivity index (χ0v) is 18.3. The Bertz CT molecular complexity index is 1160. The maximum absolute atomic E-state index is 12.9. The Morgan fingerprint density at radius 2 is 2.00 bits per heavy atom. The van der Waals surface area contributed by atoms with Gasteiger partial charge in [-0.1, -0.05) is 13.0 Å². The minimum absolute atomic E-state index is 0.0979. The summed E-state index contributed by atoms with van der Waals surface area (Å²) < 4.78 is 46.0. The number of primary amides is 1. The Kier molecular flexibility index (Phi) is 5.03. The molecular weight excluding hydrogens is 455 g/mol. The third-order valence-corrected chi connectivity index (χ3v) is 7.26. The third kappa shape index (κ3) is 3.64. The van der Waals surface area contributed by atoms with Gasteiger partial charge < -0.3 is 15.8 Å². The molecule has 2 unspecified atom stereocenters. The van der Waals surface area contributed by atoms with Crippen molar-refractivity contribution < 1.29 is 32.3 Å². The van der Waals surface area contributed by atoms with E-state index >= 15 is 0 Å². The first-order chi connectivity index (χ1) is 16.0. The first-order valence-corrected chi connectivity index (χ1v) is 11.1. The average Bonchev–Trinajstić information content (AvgIpc) is 3.19. The van der Waals surface area contributed by atoms with E-state index in [0.717, 1.165) is 11.8 Å². The number of halogens is 3. The SMILES string of the molecule is CC(CC1NC(=O)N([C@H]2CC3(C[C@H](Oc4nn5ccccc5c4C(N)=O)C3)C2)C1=O)C(F)(F)F. The van der Waals surface area contributed by atoms with Crippen molar-refractivity contribution in [3.8, 4) is 5.88 Å². The van der Waals surface area contributed by atoms with Crippen LogP contribution in [0.15, 0.2) is 24.4 Å². The van der Waals surface area contributed by atoms with Crippen molar-refractivity contribution in [2.75, 3.05) is 0 Å². The second-order valence-electron chi connectivity index (χ2n) is 9.67. The number of ether oxygens (including phenoxy) is 1. The van der Waals surface area contributed by atoms with Gasteiger partial charge in [-0.3, -0.25) is 14.5 Å². The zero-order chi connectivity index (χ0) is 24.4. The second kappa shape index (κ2) is 7.60. The number of nitrogens with two attached hydrogens (primary N) is 1. The first-order valence-electron chi connectivity index (χ1n) is 11.1. The summed E-state index contributed by atoms with van der Waals surface area (Å²) in [7, 11) is 0. The fourth-order valence-electron chi connectivity index (χ4n) is 5.44. The first kappa shape index (κ1) is 22.5. The molecule has 0 aromatic carbocycles. The van der Waals surface area contributed by atoms with Crippen LogP contribution in [0.2, 0.25) is 0 Å². The van der Waals surface area contributed by atoms with Gasteiger partial charge in [0.15, 0.2) is 0 Å². The molecule has 0 bridgehead atoms. The minimum atomic E-state index is -4.42. The summed E-state index contributed by atoms with van der Waals surface area (Å²) in [4.78, 5) is 37.9. The van der Waals surface area contributed by atoms with Crippen LogP contribution in [0, 0.1) is 11.3 Å². The van der Waals surface area contributed by atoms with Crippen LogP contribution in [0.4, 0.5) is 18.0 Å². The summed E-state index contributed by atoms with van der Waals surface area (Å²) in [6.45, 7) is 1.00. The number of rotatable bonds is 6. The molecule has 2 saturated carbocycles. The molecule has 2 atom stereocenters. The summed E-state index contributed by atoms with van der Waals surface area (Å²) in [5.74, 6) is -2.75. The molecule has 3 fully saturated rings. The molecule has 2 aliphatic carbocycles. The Labute approximate surface area is 192 Å². The monoisotopic (exact) mass is 479 g/mol. The lowest BCUT2D eigenvalue weighted by atomic mass is 9.52. The summed E-state index contributed by atoms with van der Waals surface area (Å²) in [6, 6.07) is 3.14. The Hall–Kier alpha value is -3.31. The molecule has 1 aliphatic heterocycles. The van der Waals surface area contributed by atoms with E-state index in [2.05, 4.69) is 10.4 Å². The van der Waals surface area contributed by atoms with Gasteiger partial charge in [0.1, 0.15) is 17.7 Å². The lowest BCUT2D eigenvalue weighted by Crippen LogP contribution is -2.60. The number of carbonyl (C=O) groups is 3. The Morgan fingerprint density at radius 1 is 1.29 bits per heavy atom. The average molecular weight is 479 g/mol. The number of hydrogen-bond donors (Lipinski definition) is 2. The summed E-state index contributed by atoms with van der Waals surface area (Å²) in [6.07, 6.45) is -0.930. The van der Waals surface area contributed by atoms with Crippen molar-refractivity contribution in [2.24, 2.45) is 17.1 Å². The number of hydrogen-bond acceptors (Lipinski definition) is 5. The summed E-state index contributed by atoms with van der Waals surface area (Å²) in [5, 5.41) is 6.70. The van der Waals surface area contributed by atoms with Crippen LogP contribution < -0.4 is 15.8 Å². The number of nitrogens with one attached hydrogen (secondary N) is 1. The van der Waals surface area contributed by atoms with Gasteiger partial charge in [-0.25, -0.2) is 9.31 Å². The van der Waals surface area contributed by atoms with Gasteiger partial charge >= 0.3 is 12.2 Å². The largest absolute Gasteiger partial charge is 0.473 e. The maximum Gasteiger partial charge on any atom is 0.391 e. The summed E-state index contributed by atoms with van der Waals surface area (Å²) >= 11 is 0. The zero-order valence-electron chi connectivity index (χ0n) is 18.3. The topological polar surface area (TPSA) is 119 Å². The van der Waals surface area contributed by atoms with E-state index < -0.39 is 42.4 Å². The Balaban J connectivity index is 1.18. The van der Waals surface area contributed by atoms with E-state index in [0.29, 0.717) is 31.2 Å². The molecular formula is C22H24F3N5O4. The highest BCUT2D eigenvalue weighted by Gasteiger charge is 2.59. The van der Waals surface area contributed by atoms with Crippen LogP contribution in [0.25, 0.3) is 5.52 Å². The summed E-state index contributed by atoms with van der Waals surface area (Å²) in [5.41, 5.74) is 6.19. The molecule has 0 radical (unpaired) electrons. The molecule has 1 spiro atoms. The molecule has 182 valence electrons. The van der Waals surface area contributed by atoms with Crippen LogP contribution >= 0.6 is 0 Å². The number of imide groups is 1. The number of alkyl halides is 3. The number of aromatic nitrogens is 2. The highest BCUT2D eigenvalue weighted by Crippen LogP contribution is 2.58. The van der Waals surface area contributed by atoms with Crippen molar-refractivity contribution in [3.63, 3.8) is 0 Å². The minimum Gasteiger partial charge on any atom is -0.473 e. The third-order valence-electron chi connectivity index (χ3n) is 7.26. The standard InChI is InChI=1S/C22H24F3N5O4/c1-11(22(23,24)25)6-14-19(32)30(20(33)27-14)12-7-21(8-12)9-13(10-21)34-18-16(17(26)31)15-4-2-3-5-29(15)28-18/h2-5,11-14H,6-10H2,1H3,(H2,26,31)(H,27,33)/t11?,12-,13-,14?,21?. The van der Waals surface area contributed by atoms with Crippen molar-refractivity contribution in [1.82, 2.24) is 19.8 Å². The Morgan fingerprint density at radius 3 is 2.65 bits per heavy atom.